The van der Waals surface area contributed by atoms with E-state index >= 15 is 0 Å². The number of carboxylic acids is 1. The summed E-state index contributed by atoms with van der Waals surface area (Å²) in [5.74, 6) is -1.26. The summed E-state index contributed by atoms with van der Waals surface area (Å²) in [4.78, 5) is 31.9. The molecule has 0 amide bonds. The molecular formula is C23H24O7. The number of hydrogen-bond donors (Lipinski definition) is 1. The SMILES string of the molecule is C1=Cc2c(ccc3ccccc23)OC1.C=C(C)C(=O)OCCOC(=O)CCC(=O)O. The zero-order chi connectivity index (χ0) is 21.9. The fourth-order valence-corrected chi connectivity index (χ4v) is 2.57. The third-order valence-electron chi connectivity index (χ3n) is 4.02. The van der Waals surface area contributed by atoms with Crippen LogP contribution in [0.25, 0.3) is 16.8 Å². The van der Waals surface area contributed by atoms with Crippen LogP contribution in [-0.2, 0) is 23.9 Å². The van der Waals surface area contributed by atoms with E-state index in [0.29, 0.717) is 6.61 Å². The van der Waals surface area contributed by atoms with E-state index in [1.165, 1.54) is 23.3 Å². The molecule has 30 heavy (non-hydrogen) atoms. The molecule has 0 saturated heterocycles. The summed E-state index contributed by atoms with van der Waals surface area (Å²) in [7, 11) is 0. The summed E-state index contributed by atoms with van der Waals surface area (Å²) in [5.41, 5.74) is 1.46. The Bertz CT molecular complexity index is 959. The van der Waals surface area contributed by atoms with Crippen molar-refractivity contribution >= 4 is 34.8 Å². The van der Waals surface area contributed by atoms with Crippen molar-refractivity contribution in [1.82, 2.24) is 0 Å². The average Bonchev–Trinajstić information content (AvgIpc) is 2.75. The van der Waals surface area contributed by atoms with E-state index in [0.717, 1.165) is 5.75 Å². The molecule has 0 bridgehead atoms. The molecule has 0 atom stereocenters. The first-order valence-corrected chi connectivity index (χ1v) is 9.39. The number of carboxylic acid groups (broad SMARTS) is 1. The highest BCUT2D eigenvalue weighted by atomic mass is 16.6. The minimum absolute atomic E-state index is 0.0650. The number of benzene rings is 2. The van der Waals surface area contributed by atoms with Gasteiger partial charge >= 0.3 is 17.9 Å². The molecule has 0 spiro atoms. The smallest absolute Gasteiger partial charge is 0.333 e. The zero-order valence-electron chi connectivity index (χ0n) is 16.8. The first kappa shape index (κ1) is 22.7. The number of rotatable bonds is 7. The van der Waals surface area contributed by atoms with Crippen LogP contribution >= 0.6 is 0 Å². The maximum Gasteiger partial charge on any atom is 0.333 e. The van der Waals surface area contributed by atoms with Gasteiger partial charge in [0.1, 0.15) is 25.6 Å². The maximum absolute atomic E-state index is 10.9. The van der Waals surface area contributed by atoms with Crippen molar-refractivity contribution in [2.45, 2.75) is 19.8 Å². The highest BCUT2D eigenvalue weighted by molar-refractivity contribution is 5.93. The van der Waals surface area contributed by atoms with E-state index < -0.39 is 17.9 Å². The number of fused-ring (bicyclic) bond motifs is 3. The van der Waals surface area contributed by atoms with Crippen LogP contribution in [-0.4, -0.2) is 42.8 Å². The molecule has 1 aliphatic heterocycles. The van der Waals surface area contributed by atoms with E-state index in [9.17, 15) is 14.4 Å². The van der Waals surface area contributed by atoms with Gasteiger partial charge in [0, 0.05) is 11.1 Å². The summed E-state index contributed by atoms with van der Waals surface area (Å²) in [6, 6.07) is 12.5. The van der Waals surface area contributed by atoms with Crippen molar-refractivity contribution in [3.05, 3.63) is 60.2 Å². The number of aliphatic carboxylic acids is 1. The third-order valence-corrected chi connectivity index (χ3v) is 4.02. The number of carbonyl (C=O) groups excluding carboxylic acids is 2. The fourth-order valence-electron chi connectivity index (χ4n) is 2.57. The molecule has 158 valence electrons. The summed E-state index contributed by atoms with van der Waals surface area (Å²) >= 11 is 0. The van der Waals surface area contributed by atoms with Gasteiger partial charge in [-0.15, -0.1) is 0 Å². The monoisotopic (exact) mass is 412 g/mol. The lowest BCUT2D eigenvalue weighted by Gasteiger charge is -2.14. The van der Waals surface area contributed by atoms with Gasteiger partial charge < -0.3 is 19.3 Å². The van der Waals surface area contributed by atoms with Crippen LogP contribution in [0.4, 0.5) is 0 Å². The van der Waals surface area contributed by atoms with Crippen LogP contribution < -0.4 is 4.74 Å². The quantitative estimate of drug-likeness (QED) is 0.420. The van der Waals surface area contributed by atoms with Gasteiger partial charge in [0.15, 0.2) is 0 Å². The van der Waals surface area contributed by atoms with Crippen molar-refractivity contribution in [3.8, 4) is 5.75 Å². The Hall–Kier alpha value is -3.61. The molecule has 1 N–H and O–H groups in total. The van der Waals surface area contributed by atoms with Gasteiger partial charge in [-0.1, -0.05) is 43.0 Å². The highest BCUT2D eigenvalue weighted by Gasteiger charge is 2.09. The lowest BCUT2D eigenvalue weighted by atomic mass is 10.0. The minimum Gasteiger partial charge on any atom is -0.489 e. The lowest BCUT2D eigenvalue weighted by molar-refractivity contribution is -0.151. The Kier molecular flexibility index (Phi) is 8.62. The molecule has 0 saturated carbocycles. The predicted octanol–water partition coefficient (Wildman–Crippen LogP) is 3.76. The molecule has 0 aliphatic carbocycles. The molecule has 0 unspecified atom stereocenters. The van der Waals surface area contributed by atoms with Crippen molar-refractivity contribution in [2.75, 3.05) is 19.8 Å². The van der Waals surface area contributed by atoms with Crippen LogP contribution in [0.1, 0.15) is 25.3 Å². The number of hydrogen-bond acceptors (Lipinski definition) is 6. The van der Waals surface area contributed by atoms with Gasteiger partial charge in [-0.3, -0.25) is 9.59 Å². The van der Waals surface area contributed by atoms with Gasteiger partial charge in [0.05, 0.1) is 12.8 Å². The minimum atomic E-state index is -1.06. The lowest BCUT2D eigenvalue weighted by Crippen LogP contribution is -2.14. The van der Waals surface area contributed by atoms with Crippen LogP contribution in [0.5, 0.6) is 5.75 Å². The standard InChI is InChI=1S/C13H10O.C10H14O6/c1-2-5-11-10(4-1)7-8-13-12(11)6-3-9-14-13;1-7(2)10(14)16-6-5-15-9(13)4-3-8(11)12/h1-8H,9H2;1,3-6H2,2H3,(H,11,12). The second-order valence-electron chi connectivity index (χ2n) is 6.44. The van der Waals surface area contributed by atoms with E-state index in [1.807, 2.05) is 6.07 Å². The predicted molar refractivity (Wildman–Crippen MR) is 112 cm³/mol. The van der Waals surface area contributed by atoms with Gasteiger partial charge in [-0.05, 0) is 29.8 Å². The van der Waals surface area contributed by atoms with Crippen molar-refractivity contribution < 1.29 is 33.7 Å². The topological polar surface area (TPSA) is 99.1 Å². The molecule has 0 radical (unpaired) electrons. The van der Waals surface area contributed by atoms with Crippen molar-refractivity contribution in [1.29, 1.82) is 0 Å². The summed E-state index contributed by atoms with van der Waals surface area (Å²) in [5, 5.41) is 10.8. The van der Waals surface area contributed by atoms with Crippen LogP contribution in [0, 0.1) is 0 Å². The Morgan fingerprint density at radius 3 is 2.53 bits per heavy atom. The van der Waals surface area contributed by atoms with Gasteiger partial charge in [-0.2, -0.15) is 0 Å². The molecule has 2 aromatic carbocycles. The Morgan fingerprint density at radius 2 is 1.80 bits per heavy atom. The second kappa shape index (κ2) is 11.4. The van der Waals surface area contributed by atoms with Crippen molar-refractivity contribution in [3.63, 3.8) is 0 Å². The molecule has 0 aromatic heterocycles. The molecule has 2 aromatic rings. The van der Waals surface area contributed by atoms with E-state index in [2.05, 4.69) is 58.5 Å². The average molecular weight is 412 g/mol. The van der Waals surface area contributed by atoms with Gasteiger partial charge in [0.25, 0.3) is 0 Å². The fraction of sp³-hybridized carbons (Fsp3) is 0.261. The number of carbonyl (C=O) groups is 3. The Morgan fingerprint density at radius 1 is 1.07 bits per heavy atom. The van der Waals surface area contributed by atoms with Crippen LogP contribution in [0.3, 0.4) is 0 Å². The third kappa shape index (κ3) is 7.09. The van der Waals surface area contributed by atoms with Crippen molar-refractivity contribution in [2.24, 2.45) is 0 Å². The first-order valence-electron chi connectivity index (χ1n) is 9.39. The molecule has 0 fully saturated rings. The second-order valence-corrected chi connectivity index (χ2v) is 6.44. The molecule has 1 heterocycles. The molecular weight excluding hydrogens is 388 g/mol. The highest BCUT2D eigenvalue weighted by Crippen LogP contribution is 2.31. The number of ether oxygens (including phenoxy) is 3. The van der Waals surface area contributed by atoms with E-state index in [4.69, 9.17) is 9.84 Å². The molecule has 7 heteroatoms. The Balaban J connectivity index is 0.000000214. The molecule has 3 rings (SSSR count). The normalized spacial score (nSPS) is 11.4. The largest absolute Gasteiger partial charge is 0.489 e. The Labute approximate surface area is 174 Å². The summed E-state index contributed by atoms with van der Waals surface area (Å²) < 4.78 is 14.8. The summed E-state index contributed by atoms with van der Waals surface area (Å²) in [6.07, 6.45) is 3.73. The van der Waals surface area contributed by atoms with Gasteiger partial charge in [0.2, 0.25) is 0 Å². The maximum atomic E-state index is 10.9. The van der Waals surface area contributed by atoms with E-state index in [1.54, 1.807) is 0 Å². The van der Waals surface area contributed by atoms with E-state index in [-0.39, 0.29) is 31.6 Å². The zero-order valence-corrected chi connectivity index (χ0v) is 16.8. The van der Waals surface area contributed by atoms with Crippen LogP contribution in [0.15, 0.2) is 54.6 Å². The summed E-state index contributed by atoms with van der Waals surface area (Å²) in [6.45, 7) is 5.41. The number of esters is 2. The van der Waals surface area contributed by atoms with Gasteiger partial charge in [-0.25, -0.2) is 4.79 Å². The van der Waals surface area contributed by atoms with Crippen LogP contribution in [0.2, 0.25) is 0 Å². The molecule has 1 aliphatic rings. The first-order chi connectivity index (χ1) is 14.4. The molecule has 7 nitrogen and oxygen atoms in total.